The Morgan fingerprint density at radius 3 is 2.85 bits per heavy atom. The van der Waals surface area contributed by atoms with Crippen LogP contribution in [0.25, 0.3) is 22.1 Å². The van der Waals surface area contributed by atoms with E-state index in [1.54, 1.807) is 4.57 Å². The molecule has 7 N–H and O–H groups in total. The van der Waals surface area contributed by atoms with E-state index in [4.69, 9.17) is 31.9 Å². The number of benzene rings is 2. The number of carboxylic acids is 1. The average molecular weight is 668 g/mol. The summed E-state index contributed by atoms with van der Waals surface area (Å²) in [7, 11) is 0. The number of hydrogen-bond acceptors (Lipinski definition) is 11. The Morgan fingerprint density at radius 2 is 2.09 bits per heavy atom. The van der Waals surface area contributed by atoms with Crippen LogP contribution in [0.15, 0.2) is 61.1 Å². The van der Waals surface area contributed by atoms with Gasteiger partial charge in [0, 0.05) is 29.4 Å². The van der Waals surface area contributed by atoms with Gasteiger partial charge in [-0.3, -0.25) is 9.36 Å². The van der Waals surface area contributed by atoms with Crippen LogP contribution in [0.5, 0.6) is 5.75 Å². The molecule has 15 heteroatoms. The summed E-state index contributed by atoms with van der Waals surface area (Å²) in [6, 6.07) is 15.0. The molecule has 4 unspecified atom stereocenters. The predicted molar refractivity (Wildman–Crippen MR) is 175 cm³/mol. The molecule has 1 aliphatic rings. The van der Waals surface area contributed by atoms with Gasteiger partial charge in [-0.15, -0.1) is 0 Å². The van der Waals surface area contributed by atoms with E-state index < -0.39 is 29.9 Å². The number of fused-ring (bicyclic) bond motifs is 2. The first kappa shape index (κ1) is 32.0. The van der Waals surface area contributed by atoms with Crippen molar-refractivity contribution in [3.8, 4) is 5.75 Å². The zero-order chi connectivity index (χ0) is 32.3. The minimum Gasteiger partial charge on any atom is -0.489 e. The number of nitrogens with two attached hydrogens (primary N) is 1. The summed E-state index contributed by atoms with van der Waals surface area (Å²) in [5.41, 5.74) is 8.11. The molecule has 0 aliphatic carbocycles. The molecule has 0 radical (unpaired) electrons. The van der Waals surface area contributed by atoms with Gasteiger partial charge in [0.15, 0.2) is 22.7 Å². The van der Waals surface area contributed by atoms with Gasteiger partial charge in [-0.1, -0.05) is 30.3 Å². The zero-order valence-corrected chi connectivity index (χ0v) is 26.2. The minimum absolute atomic E-state index is 0.0349. The van der Waals surface area contributed by atoms with Crippen molar-refractivity contribution in [2.45, 2.75) is 43.4 Å². The van der Waals surface area contributed by atoms with Crippen LogP contribution in [0, 0.1) is 0 Å². The molecule has 1 aliphatic heterocycles. The Balaban J connectivity index is 1.17. The fourth-order valence-corrected chi connectivity index (χ4v) is 6.87. The molecule has 6 rings (SSSR count). The molecule has 46 heavy (non-hydrogen) atoms. The topological polar surface area (TPSA) is 194 Å². The van der Waals surface area contributed by atoms with Gasteiger partial charge in [-0.05, 0) is 59.5 Å². The molecule has 1 saturated heterocycles. The monoisotopic (exact) mass is 667 g/mol. The zero-order valence-electron chi connectivity index (χ0n) is 24.7. The number of ether oxygens (including phenoxy) is 2. The van der Waals surface area contributed by atoms with Gasteiger partial charge in [0.25, 0.3) is 0 Å². The highest BCUT2D eigenvalue weighted by Crippen LogP contribution is 2.38. The van der Waals surface area contributed by atoms with Crippen molar-refractivity contribution in [3.63, 3.8) is 0 Å². The number of halogens is 1. The Bertz CT molecular complexity index is 1820. The van der Waals surface area contributed by atoms with Gasteiger partial charge in [-0.2, -0.15) is 21.7 Å². The smallest absolute Gasteiger partial charge is 0.320 e. The molecule has 5 aromatic rings. The van der Waals surface area contributed by atoms with E-state index in [0.717, 1.165) is 27.8 Å². The van der Waals surface area contributed by atoms with Gasteiger partial charge < -0.3 is 40.8 Å². The van der Waals surface area contributed by atoms with Gasteiger partial charge in [0.2, 0.25) is 5.28 Å². The quantitative estimate of drug-likeness (QED) is 0.0750. The SMILES string of the molecule is NC(CCSCC1(n2cnc3c(NCCc4c[nH]c5ccc(OCc6ccccc6)cc45)nc(Cl)nc32)OCC(O)C1O)C(=O)O. The summed E-state index contributed by atoms with van der Waals surface area (Å²) in [6.07, 6.45) is 1.87. The molecule has 0 amide bonds. The number of aliphatic hydroxyl groups excluding tert-OH is 2. The van der Waals surface area contributed by atoms with Crippen molar-refractivity contribution in [2.75, 3.05) is 30.0 Å². The van der Waals surface area contributed by atoms with Crippen molar-refractivity contribution in [3.05, 3.63) is 77.5 Å². The van der Waals surface area contributed by atoms with E-state index >= 15 is 0 Å². The maximum Gasteiger partial charge on any atom is 0.320 e. The van der Waals surface area contributed by atoms with Gasteiger partial charge in [0.1, 0.15) is 30.6 Å². The fraction of sp³-hybridized carbons (Fsp3) is 0.355. The number of hydrogen-bond donors (Lipinski definition) is 6. The minimum atomic E-state index is -1.43. The lowest BCUT2D eigenvalue weighted by molar-refractivity contribution is -0.138. The largest absolute Gasteiger partial charge is 0.489 e. The van der Waals surface area contributed by atoms with E-state index in [-0.39, 0.29) is 24.1 Å². The van der Waals surface area contributed by atoms with E-state index in [0.29, 0.717) is 42.3 Å². The van der Waals surface area contributed by atoms with Crippen LogP contribution in [0.4, 0.5) is 5.82 Å². The highest BCUT2D eigenvalue weighted by molar-refractivity contribution is 7.99. The summed E-state index contributed by atoms with van der Waals surface area (Å²) in [6.45, 7) is 0.869. The second kappa shape index (κ2) is 13.8. The van der Waals surface area contributed by atoms with E-state index in [9.17, 15) is 15.0 Å². The van der Waals surface area contributed by atoms with Crippen LogP contribution in [-0.2, 0) is 28.3 Å². The van der Waals surface area contributed by atoms with Crippen LogP contribution >= 0.6 is 23.4 Å². The summed E-state index contributed by atoms with van der Waals surface area (Å²) < 4.78 is 13.6. The van der Waals surface area contributed by atoms with Crippen LogP contribution in [0.1, 0.15) is 17.5 Å². The number of carboxylic acid groups (broad SMARTS) is 1. The van der Waals surface area contributed by atoms with E-state index in [2.05, 4.69) is 25.3 Å². The third kappa shape index (κ3) is 6.63. The molecular weight excluding hydrogens is 634 g/mol. The van der Waals surface area contributed by atoms with Gasteiger partial charge >= 0.3 is 5.97 Å². The van der Waals surface area contributed by atoms with E-state index in [1.807, 2.05) is 54.7 Å². The van der Waals surface area contributed by atoms with Crippen molar-refractivity contribution in [1.29, 1.82) is 0 Å². The second-order valence-corrected chi connectivity index (χ2v) is 12.5. The van der Waals surface area contributed by atoms with Crippen LogP contribution in [0.2, 0.25) is 5.28 Å². The third-order valence-corrected chi connectivity index (χ3v) is 9.29. The number of H-pyrrole nitrogens is 1. The van der Waals surface area contributed by atoms with Crippen molar-refractivity contribution < 1.29 is 29.6 Å². The molecule has 4 heterocycles. The van der Waals surface area contributed by atoms with Gasteiger partial charge in [0.05, 0.1) is 12.9 Å². The first-order valence-electron chi connectivity index (χ1n) is 14.7. The lowest BCUT2D eigenvalue weighted by Gasteiger charge is -2.33. The molecule has 242 valence electrons. The van der Waals surface area contributed by atoms with Crippen LogP contribution < -0.4 is 15.8 Å². The Hall–Kier alpha value is -3.92. The number of imidazole rings is 1. The number of anilines is 1. The van der Waals surface area contributed by atoms with Crippen molar-refractivity contribution in [1.82, 2.24) is 24.5 Å². The first-order chi connectivity index (χ1) is 22.2. The van der Waals surface area contributed by atoms with Crippen molar-refractivity contribution >= 4 is 57.2 Å². The molecular formula is C31H34ClN7O6S. The summed E-state index contributed by atoms with van der Waals surface area (Å²) in [5.74, 6) is 0.662. The normalized spacial score (nSPS) is 20.3. The highest BCUT2D eigenvalue weighted by atomic mass is 35.5. The number of rotatable bonds is 14. The van der Waals surface area contributed by atoms with E-state index in [1.165, 1.54) is 18.1 Å². The molecule has 3 aromatic heterocycles. The number of carbonyl (C=O) groups is 1. The molecule has 4 atom stereocenters. The van der Waals surface area contributed by atoms with Crippen LogP contribution in [-0.4, -0.2) is 88.7 Å². The fourth-order valence-electron chi connectivity index (χ4n) is 5.45. The molecule has 2 aromatic carbocycles. The maximum absolute atomic E-state index is 11.1. The number of nitrogens with one attached hydrogen (secondary N) is 2. The standard InChI is InChI=1S/C31H34ClN7O6S/c32-30-37-27(34-10-8-19-13-35-23-7-6-20(12-21(19)23)44-14-18-4-2-1-3-5-18)25-28(38-30)39(17-36-25)31(26(41)24(40)15-45-31)16-46-11-9-22(33)29(42)43/h1-7,12-13,17,22,24,26,35,40-41H,8-11,14-16,33H2,(H,42,43)(H,34,37,38). The Morgan fingerprint density at radius 1 is 1.26 bits per heavy atom. The number of aliphatic hydroxyl groups is 2. The maximum atomic E-state index is 11.1. The molecule has 13 nitrogen and oxygen atoms in total. The average Bonchev–Trinajstić information content (AvgIpc) is 3.75. The number of aliphatic carboxylic acids is 1. The summed E-state index contributed by atoms with van der Waals surface area (Å²) >= 11 is 7.70. The Labute approximate surface area is 273 Å². The summed E-state index contributed by atoms with van der Waals surface area (Å²) in [5, 5.41) is 34.9. The first-order valence-corrected chi connectivity index (χ1v) is 16.3. The van der Waals surface area contributed by atoms with Crippen LogP contribution in [0.3, 0.4) is 0 Å². The second-order valence-electron chi connectivity index (χ2n) is 11.1. The number of aromatic nitrogens is 5. The predicted octanol–water partition coefficient (Wildman–Crippen LogP) is 3.13. The molecule has 1 fully saturated rings. The number of nitrogens with zero attached hydrogens (tertiary/aromatic N) is 4. The highest BCUT2D eigenvalue weighted by Gasteiger charge is 2.51. The lowest BCUT2D eigenvalue weighted by atomic mass is 10.1. The third-order valence-electron chi connectivity index (χ3n) is 7.98. The molecule has 0 saturated carbocycles. The molecule has 0 bridgehead atoms. The molecule has 0 spiro atoms. The van der Waals surface area contributed by atoms with Crippen molar-refractivity contribution in [2.24, 2.45) is 5.73 Å². The summed E-state index contributed by atoms with van der Waals surface area (Å²) in [4.78, 5) is 27.7. The van der Waals surface area contributed by atoms with Gasteiger partial charge in [-0.25, -0.2) is 4.98 Å². The number of aromatic amines is 1. The lowest BCUT2D eigenvalue weighted by Crippen LogP contribution is -2.47. The Kier molecular flexibility index (Phi) is 9.63. The number of thioether (sulfide) groups is 1.